The van der Waals surface area contributed by atoms with Crippen molar-refractivity contribution in [3.8, 4) is 0 Å². The van der Waals surface area contributed by atoms with E-state index in [1.165, 1.54) is 11.1 Å². The third kappa shape index (κ3) is 2.67. The van der Waals surface area contributed by atoms with Crippen LogP contribution in [0.5, 0.6) is 0 Å². The summed E-state index contributed by atoms with van der Waals surface area (Å²) in [5.74, 6) is 0.0968. The van der Waals surface area contributed by atoms with Crippen molar-refractivity contribution in [2.45, 2.75) is 31.7 Å². The van der Waals surface area contributed by atoms with Gasteiger partial charge in [-0.25, -0.2) is 0 Å². The minimum Gasteiger partial charge on any atom is -0.399 e. The van der Waals surface area contributed by atoms with Crippen LogP contribution >= 0.6 is 0 Å². The van der Waals surface area contributed by atoms with Gasteiger partial charge < -0.3 is 11.1 Å². The van der Waals surface area contributed by atoms with Gasteiger partial charge in [0.15, 0.2) is 0 Å². The number of aryl methyl sites for hydroxylation is 1. The van der Waals surface area contributed by atoms with E-state index in [0.29, 0.717) is 6.42 Å². The number of carbonyl (C=O) groups is 1. The molecule has 1 atom stereocenters. The van der Waals surface area contributed by atoms with Crippen molar-refractivity contribution < 1.29 is 4.79 Å². The third-order valence-corrected chi connectivity index (χ3v) is 3.16. The Morgan fingerprint density at radius 3 is 3.18 bits per heavy atom. The second-order valence-corrected chi connectivity index (χ2v) is 4.44. The lowest BCUT2D eigenvalue weighted by atomic mass is 10.1. The Kier molecular flexibility index (Phi) is 3.47. The molecular formula is C14H18N2O. The number of allylic oxidation sites excluding steroid dienone is 1. The molecule has 1 aliphatic carbocycles. The van der Waals surface area contributed by atoms with E-state index in [2.05, 4.69) is 11.9 Å². The average molecular weight is 230 g/mol. The molecular weight excluding hydrogens is 212 g/mol. The van der Waals surface area contributed by atoms with Crippen LogP contribution < -0.4 is 11.1 Å². The number of hydrogen-bond acceptors (Lipinski definition) is 2. The van der Waals surface area contributed by atoms with Crippen LogP contribution in [0, 0.1) is 0 Å². The monoisotopic (exact) mass is 230 g/mol. The van der Waals surface area contributed by atoms with E-state index in [4.69, 9.17) is 5.73 Å². The predicted molar refractivity (Wildman–Crippen MR) is 69.5 cm³/mol. The highest BCUT2D eigenvalue weighted by molar-refractivity contribution is 5.76. The first-order chi connectivity index (χ1) is 8.20. The van der Waals surface area contributed by atoms with Crippen molar-refractivity contribution in [3.63, 3.8) is 0 Å². The van der Waals surface area contributed by atoms with Gasteiger partial charge in [0.2, 0.25) is 5.91 Å². The van der Waals surface area contributed by atoms with Crippen molar-refractivity contribution in [2.75, 3.05) is 5.73 Å². The summed E-state index contributed by atoms with van der Waals surface area (Å²) in [5, 5.41) is 3.06. The zero-order chi connectivity index (χ0) is 12.3. The van der Waals surface area contributed by atoms with Crippen LogP contribution in [0.2, 0.25) is 0 Å². The number of nitrogens with two attached hydrogens (primary N) is 1. The summed E-state index contributed by atoms with van der Waals surface area (Å²) in [6.45, 7) is 3.62. The zero-order valence-corrected chi connectivity index (χ0v) is 9.91. The predicted octanol–water partition coefficient (Wildman–Crippen LogP) is 2.34. The standard InChI is InChI=1S/C14H18N2O/c1-2-3-4-14(17)16-13-8-5-10-9-11(15)6-7-12(10)13/h2,6-7,9,13H,1,3-5,8,15H2,(H,16,17). The lowest BCUT2D eigenvalue weighted by Gasteiger charge is -2.13. The Hall–Kier alpha value is -1.77. The first kappa shape index (κ1) is 11.7. The number of benzene rings is 1. The maximum Gasteiger partial charge on any atom is 0.220 e. The van der Waals surface area contributed by atoms with Gasteiger partial charge in [0.05, 0.1) is 6.04 Å². The molecule has 1 aromatic rings. The first-order valence-corrected chi connectivity index (χ1v) is 5.99. The van der Waals surface area contributed by atoms with Gasteiger partial charge in [-0.3, -0.25) is 4.79 Å². The van der Waals surface area contributed by atoms with Gasteiger partial charge >= 0.3 is 0 Å². The summed E-state index contributed by atoms with van der Waals surface area (Å²) >= 11 is 0. The fourth-order valence-corrected chi connectivity index (χ4v) is 2.29. The molecule has 0 saturated heterocycles. The van der Waals surface area contributed by atoms with Crippen LogP contribution in [0.3, 0.4) is 0 Å². The summed E-state index contributed by atoms with van der Waals surface area (Å²) in [7, 11) is 0. The number of fused-ring (bicyclic) bond motifs is 1. The van der Waals surface area contributed by atoms with Crippen LogP contribution in [0.4, 0.5) is 5.69 Å². The zero-order valence-electron chi connectivity index (χ0n) is 9.91. The summed E-state index contributed by atoms with van der Waals surface area (Å²) in [6.07, 6.45) is 4.98. The number of hydrogen-bond donors (Lipinski definition) is 2. The first-order valence-electron chi connectivity index (χ1n) is 5.99. The normalized spacial score (nSPS) is 17.5. The van der Waals surface area contributed by atoms with Crippen LogP contribution in [-0.2, 0) is 11.2 Å². The highest BCUT2D eigenvalue weighted by atomic mass is 16.1. The minimum absolute atomic E-state index is 0.0968. The number of carbonyl (C=O) groups excluding carboxylic acids is 1. The molecule has 0 heterocycles. The Labute approximate surface area is 102 Å². The van der Waals surface area contributed by atoms with E-state index < -0.39 is 0 Å². The molecule has 0 bridgehead atoms. The van der Waals surface area contributed by atoms with Gasteiger partial charge in [-0.2, -0.15) is 0 Å². The number of nitrogens with one attached hydrogen (secondary N) is 1. The van der Waals surface area contributed by atoms with Crippen LogP contribution in [-0.4, -0.2) is 5.91 Å². The third-order valence-electron chi connectivity index (χ3n) is 3.16. The molecule has 1 unspecified atom stereocenters. The fourth-order valence-electron chi connectivity index (χ4n) is 2.29. The smallest absolute Gasteiger partial charge is 0.220 e. The quantitative estimate of drug-likeness (QED) is 0.616. The molecule has 3 heteroatoms. The molecule has 1 aromatic carbocycles. The van der Waals surface area contributed by atoms with Crippen molar-refractivity contribution in [1.82, 2.24) is 5.32 Å². The Morgan fingerprint density at radius 1 is 1.59 bits per heavy atom. The molecule has 2 rings (SSSR count). The van der Waals surface area contributed by atoms with Crippen LogP contribution in [0.25, 0.3) is 0 Å². The number of anilines is 1. The van der Waals surface area contributed by atoms with Crippen LogP contribution in [0.1, 0.15) is 36.4 Å². The van der Waals surface area contributed by atoms with Gasteiger partial charge in [0.1, 0.15) is 0 Å². The molecule has 0 saturated carbocycles. The highest BCUT2D eigenvalue weighted by Crippen LogP contribution is 2.32. The lowest BCUT2D eigenvalue weighted by Crippen LogP contribution is -2.26. The molecule has 1 aliphatic rings. The van der Waals surface area contributed by atoms with Crippen molar-refractivity contribution in [1.29, 1.82) is 0 Å². The van der Waals surface area contributed by atoms with Gasteiger partial charge in [-0.1, -0.05) is 12.1 Å². The van der Waals surface area contributed by atoms with Gasteiger partial charge in [-0.05, 0) is 42.5 Å². The summed E-state index contributed by atoms with van der Waals surface area (Å²) in [4.78, 5) is 11.7. The molecule has 0 radical (unpaired) electrons. The average Bonchev–Trinajstić information content (AvgIpc) is 2.69. The number of amides is 1. The topological polar surface area (TPSA) is 55.1 Å². The molecule has 0 aromatic heterocycles. The SMILES string of the molecule is C=CCCC(=O)NC1CCc2cc(N)ccc21. The van der Waals surface area contributed by atoms with Crippen molar-refractivity contribution >= 4 is 11.6 Å². The molecule has 0 fully saturated rings. The van der Waals surface area contributed by atoms with Gasteiger partial charge in [-0.15, -0.1) is 6.58 Å². The Balaban J connectivity index is 2.02. The molecule has 0 spiro atoms. The van der Waals surface area contributed by atoms with Gasteiger partial charge in [0.25, 0.3) is 0 Å². The van der Waals surface area contributed by atoms with E-state index >= 15 is 0 Å². The van der Waals surface area contributed by atoms with E-state index in [-0.39, 0.29) is 11.9 Å². The van der Waals surface area contributed by atoms with Crippen LogP contribution in [0.15, 0.2) is 30.9 Å². The molecule has 3 nitrogen and oxygen atoms in total. The van der Waals surface area contributed by atoms with Crippen molar-refractivity contribution in [2.24, 2.45) is 0 Å². The minimum atomic E-state index is 0.0968. The summed E-state index contributed by atoms with van der Waals surface area (Å²) in [6, 6.07) is 6.08. The highest BCUT2D eigenvalue weighted by Gasteiger charge is 2.23. The maximum absolute atomic E-state index is 11.7. The number of nitrogen functional groups attached to an aromatic ring is 1. The fraction of sp³-hybridized carbons (Fsp3) is 0.357. The second-order valence-electron chi connectivity index (χ2n) is 4.44. The van der Waals surface area contributed by atoms with E-state index in [1.54, 1.807) is 6.08 Å². The Morgan fingerprint density at radius 2 is 2.41 bits per heavy atom. The largest absolute Gasteiger partial charge is 0.399 e. The van der Waals surface area contributed by atoms with E-state index in [0.717, 1.165) is 24.9 Å². The number of rotatable bonds is 4. The Bertz CT molecular complexity index is 440. The molecule has 1 amide bonds. The molecule has 90 valence electrons. The molecule has 0 aliphatic heterocycles. The van der Waals surface area contributed by atoms with Crippen molar-refractivity contribution in [3.05, 3.63) is 42.0 Å². The van der Waals surface area contributed by atoms with E-state index in [1.807, 2.05) is 18.2 Å². The second kappa shape index (κ2) is 5.04. The summed E-state index contributed by atoms with van der Waals surface area (Å²) in [5.41, 5.74) is 9.02. The maximum atomic E-state index is 11.7. The van der Waals surface area contributed by atoms with E-state index in [9.17, 15) is 4.79 Å². The molecule has 17 heavy (non-hydrogen) atoms. The lowest BCUT2D eigenvalue weighted by molar-refractivity contribution is -0.121. The van der Waals surface area contributed by atoms with Gasteiger partial charge in [0, 0.05) is 12.1 Å². The molecule has 3 N–H and O–H groups in total. The summed E-state index contributed by atoms with van der Waals surface area (Å²) < 4.78 is 0.